The zero-order valence-electron chi connectivity index (χ0n) is 14.6. The van der Waals surface area contributed by atoms with E-state index in [0.717, 1.165) is 5.56 Å². The molecule has 0 bridgehead atoms. The van der Waals surface area contributed by atoms with E-state index in [-0.39, 0.29) is 17.7 Å². The quantitative estimate of drug-likeness (QED) is 0.652. The smallest absolute Gasteiger partial charge is 0.244 e. The second kappa shape index (κ2) is 9.34. The van der Waals surface area contributed by atoms with E-state index in [9.17, 15) is 14.7 Å². The number of rotatable bonds is 7. The fraction of sp³-hybridized carbons (Fsp3) is 0.474. The van der Waals surface area contributed by atoms with Crippen molar-refractivity contribution in [2.45, 2.75) is 45.1 Å². The van der Waals surface area contributed by atoms with Crippen molar-refractivity contribution in [2.75, 3.05) is 6.61 Å². The number of amides is 2. The molecule has 1 aromatic rings. The number of carbonyl (C=O) groups excluding carboxylic acids is 2. The van der Waals surface area contributed by atoms with Crippen LogP contribution in [0.1, 0.15) is 32.3 Å². The number of benzene rings is 1. The van der Waals surface area contributed by atoms with Gasteiger partial charge in [0.15, 0.2) is 6.29 Å². The van der Waals surface area contributed by atoms with Crippen LogP contribution in [0.15, 0.2) is 36.4 Å². The molecule has 1 fully saturated rings. The minimum absolute atomic E-state index is 0.235. The molecule has 1 unspecified atom stereocenters. The van der Waals surface area contributed by atoms with Crippen LogP contribution in [0.3, 0.4) is 0 Å². The molecule has 6 heteroatoms. The molecule has 0 saturated carbocycles. The Morgan fingerprint density at radius 1 is 1.32 bits per heavy atom. The van der Waals surface area contributed by atoms with E-state index in [1.165, 1.54) is 6.08 Å². The van der Waals surface area contributed by atoms with Crippen molar-refractivity contribution in [1.29, 1.82) is 0 Å². The van der Waals surface area contributed by atoms with Crippen LogP contribution >= 0.6 is 0 Å². The molecule has 1 saturated heterocycles. The Morgan fingerprint density at radius 3 is 2.64 bits per heavy atom. The molecule has 136 valence electrons. The van der Waals surface area contributed by atoms with Gasteiger partial charge in [0.2, 0.25) is 11.8 Å². The van der Waals surface area contributed by atoms with E-state index in [1.54, 1.807) is 6.08 Å². The summed E-state index contributed by atoms with van der Waals surface area (Å²) >= 11 is 0. The summed E-state index contributed by atoms with van der Waals surface area (Å²) in [4.78, 5) is 24.6. The van der Waals surface area contributed by atoms with Gasteiger partial charge >= 0.3 is 0 Å². The van der Waals surface area contributed by atoms with Crippen molar-refractivity contribution in [2.24, 2.45) is 5.92 Å². The molecule has 3 N–H and O–H groups in total. The first-order valence-electron chi connectivity index (χ1n) is 8.59. The number of carbonyl (C=O) groups is 2. The number of hydrogen-bond acceptors (Lipinski definition) is 4. The Labute approximate surface area is 148 Å². The SMILES string of the molecule is CC(C)C[C@H](NC(=O)C=Cc1ccccc1)C(=O)N[C@H]1CCOC1O. The van der Waals surface area contributed by atoms with Crippen LogP contribution in [0.2, 0.25) is 0 Å². The molecule has 0 aromatic heterocycles. The first kappa shape index (κ1) is 19.1. The lowest BCUT2D eigenvalue weighted by atomic mass is 10.0. The molecule has 0 spiro atoms. The molecular formula is C19H26N2O4. The van der Waals surface area contributed by atoms with E-state index >= 15 is 0 Å². The fourth-order valence-corrected chi connectivity index (χ4v) is 2.66. The Bertz CT molecular complexity index is 601. The highest BCUT2D eigenvalue weighted by molar-refractivity contribution is 5.95. The maximum absolute atomic E-state index is 12.5. The Morgan fingerprint density at radius 2 is 2.04 bits per heavy atom. The average molecular weight is 346 g/mol. The molecule has 2 rings (SSSR count). The summed E-state index contributed by atoms with van der Waals surface area (Å²) in [6, 6.07) is 8.39. The van der Waals surface area contributed by atoms with Gasteiger partial charge in [-0.25, -0.2) is 0 Å². The van der Waals surface area contributed by atoms with Crippen LogP contribution in [0.25, 0.3) is 6.08 Å². The second-order valence-electron chi connectivity index (χ2n) is 6.60. The summed E-state index contributed by atoms with van der Waals surface area (Å²) in [5.74, 6) is -0.392. The molecule has 2 amide bonds. The molecular weight excluding hydrogens is 320 g/mol. The van der Waals surface area contributed by atoms with E-state index in [4.69, 9.17) is 4.74 Å². The number of aliphatic hydroxyl groups excluding tert-OH is 1. The predicted octanol–water partition coefficient (Wildman–Crippen LogP) is 1.45. The van der Waals surface area contributed by atoms with E-state index in [1.807, 2.05) is 44.2 Å². The van der Waals surface area contributed by atoms with Crippen molar-refractivity contribution < 1.29 is 19.4 Å². The van der Waals surface area contributed by atoms with Crippen LogP contribution in [0.5, 0.6) is 0 Å². The molecule has 6 nitrogen and oxygen atoms in total. The maximum atomic E-state index is 12.5. The van der Waals surface area contributed by atoms with Gasteiger partial charge in [0.05, 0.1) is 12.6 Å². The molecule has 1 heterocycles. The Balaban J connectivity index is 1.95. The molecule has 0 aliphatic carbocycles. The summed E-state index contributed by atoms with van der Waals surface area (Å²) < 4.78 is 5.04. The number of hydrogen-bond donors (Lipinski definition) is 3. The lowest BCUT2D eigenvalue weighted by Gasteiger charge is -2.22. The van der Waals surface area contributed by atoms with Gasteiger partial charge in [-0.3, -0.25) is 9.59 Å². The zero-order valence-corrected chi connectivity index (χ0v) is 14.6. The first-order chi connectivity index (χ1) is 12.0. The van der Waals surface area contributed by atoms with E-state index in [0.29, 0.717) is 19.4 Å². The highest BCUT2D eigenvalue weighted by atomic mass is 16.6. The standard InChI is InChI=1S/C19H26N2O4/c1-13(2)12-16(18(23)21-15-10-11-25-19(15)24)20-17(22)9-8-14-6-4-3-5-7-14/h3-9,13,15-16,19,24H,10-12H2,1-2H3,(H,20,22)(H,21,23)/t15-,16-,19?/m0/s1. The molecule has 1 aliphatic heterocycles. The molecule has 1 aromatic carbocycles. The first-order valence-corrected chi connectivity index (χ1v) is 8.59. The highest BCUT2D eigenvalue weighted by Crippen LogP contribution is 2.12. The number of ether oxygens (including phenoxy) is 1. The molecule has 0 radical (unpaired) electrons. The zero-order chi connectivity index (χ0) is 18.2. The average Bonchev–Trinajstić information content (AvgIpc) is 2.98. The van der Waals surface area contributed by atoms with Crippen LogP contribution in [-0.2, 0) is 14.3 Å². The minimum atomic E-state index is -0.989. The third-order valence-electron chi connectivity index (χ3n) is 3.96. The highest BCUT2D eigenvalue weighted by Gasteiger charge is 2.30. The minimum Gasteiger partial charge on any atom is -0.366 e. The molecule has 25 heavy (non-hydrogen) atoms. The van der Waals surface area contributed by atoms with Gasteiger partial charge in [-0.05, 0) is 30.4 Å². The molecule has 1 aliphatic rings. The maximum Gasteiger partial charge on any atom is 0.244 e. The summed E-state index contributed by atoms with van der Waals surface area (Å²) in [6.07, 6.45) is 3.21. The van der Waals surface area contributed by atoms with E-state index < -0.39 is 18.4 Å². The Kier molecular flexibility index (Phi) is 7.16. The summed E-state index contributed by atoms with van der Waals surface area (Å²) in [5, 5.41) is 15.2. The summed E-state index contributed by atoms with van der Waals surface area (Å²) in [6.45, 7) is 4.38. The van der Waals surface area contributed by atoms with Gasteiger partial charge in [0.1, 0.15) is 6.04 Å². The van der Waals surface area contributed by atoms with E-state index in [2.05, 4.69) is 10.6 Å². The predicted molar refractivity (Wildman–Crippen MR) is 95.4 cm³/mol. The van der Waals surface area contributed by atoms with Crippen molar-refractivity contribution in [1.82, 2.24) is 10.6 Å². The van der Waals surface area contributed by atoms with Gasteiger partial charge in [-0.1, -0.05) is 44.2 Å². The van der Waals surface area contributed by atoms with Crippen molar-refractivity contribution in [3.8, 4) is 0 Å². The normalized spacial score (nSPS) is 21.4. The topological polar surface area (TPSA) is 87.7 Å². The van der Waals surface area contributed by atoms with Gasteiger partial charge in [0, 0.05) is 6.08 Å². The van der Waals surface area contributed by atoms with Gasteiger partial charge < -0.3 is 20.5 Å². The lowest BCUT2D eigenvalue weighted by molar-refractivity contribution is -0.130. The number of aliphatic hydroxyl groups is 1. The van der Waals surface area contributed by atoms with Crippen LogP contribution in [-0.4, -0.2) is 41.9 Å². The number of nitrogens with one attached hydrogen (secondary N) is 2. The van der Waals surface area contributed by atoms with Crippen LogP contribution in [0.4, 0.5) is 0 Å². The fourth-order valence-electron chi connectivity index (χ4n) is 2.66. The monoisotopic (exact) mass is 346 g/mol. The summed E-state index contributed by atoms with van der Waals surface area (Å²) in [7, 11) is 0. The van der Waals surface area contributed by atoms with Crippen molar-refractivity contribution in [3.63, 3.8) is 0 Å². The van der Waals surface area contributed by atoms with Gasteiger partial charge in [0.25, 0.3) is 0 Å². The molecule has 3 atom stereocenters. The van der Waals surface area contributed by atoms with Crippen molar-refractivity contribution in [3.05, 3.63) is 42.0 Å². The second-order valence-corrected chi connectivity index (χ2v) is 6.60. The van der Waals surface area contributed by atoms with Gasteiger partial charge in [-0.15, -0.1) is 0 Å². The third-order valence-corrected chi connectivity index (χ3v) is 3.96. The third kappa shape index (κ3) is 6.32. The largest absolute Gasteiger partial charge is 0.366 e. The van der Waals surface area contributed by atoms with Crippen molar-refractivity contribution >= 4 is 17.9 Å². The van der Waals surface area contributed by atoms with Crippen LogP contribution in [0, 0.1) is 5.92 Å². The Hall–Kier alpha value is -2.18. The van der Waals surface area contributed by atoms with Crippen LogP contribution < -0.4 is 10.6 Å². The van der Waals surface area contributed by atoms with Gasteiger partial charge in [-0.2, -0.15) is 0 Å². The summed E-state index contributed by atoms with van der Waals surface area (Å²) in [5.41, 5.74) is 0.911. The lowest BCUT2D eigenvalue weighted by Crippen LogP contribution is -2.51.